The van der Waals surface area contributed by atoms with E-state index < -0.39 is 48.8 Å². The van der Waals surface area contributed by atoms with Crippen LogP contribution >= 0.6 is 0 Å². The van der Waals surface area contributed by atoms with Crippen molar-refractivity contribution >= 4 is 32.3 Å². The molecule has 0 aliphatic carbocycles. The molecule has 6 N–H and O–H groups in total. The van der Waals surface area contributed by atoms with Crippen molar-refractivity contribution in [3.8, 4) is 0 Å². The standard InChI is InChI=1S/2C5H9NO4.B/c2*1-6-3(5(9)10)2-4(7)8;/h2*3,6H,2H2,1H3,(H,7,8)(H,9,10);/t2*3-;/m10./s1. The lowest BCUT2D eigenvalue weighted by molar-refractivity contribution is -0.145. The van der Waals surface area contributed by atoms with E-state index in [0.717, 1.165) is 0 Å². The van der Waals surface area contributed by atoms with E-state index in [1.54, 1.807) is 0 Å². The van der Waals surface area contributed by atoms with E-state index >= 15 is 0 Å². The summed E-state index contributed by atoms with van der Waals surface area (Å²) >= 11 is 0. The molecule has 0 amide bonds. The number of carboxylic acids is 4. The largest absolute Gasteiger partial charge is 0.481 e. The highest BCUT2D eigenvalue weighted by molar-refractivity contribution is 5.81. The third-order valence-corrected chi connectivity index (χ3v) is 2.05. The predicted octanol–water partition coefficient (Wildman–Crippen LogP) is -2.11. The Morgan fingerprint density at radius 1 is 0.762 bits per heavy atom. The first-order valence-corrected chi connectivity index (χ1v) is 5.39. The molecule has 0 aromatic rings. The number of nitrogens with one attached hydrogen (secondary N) is 2. The van der Waals surface area contributed by atoms with Crippen LogP contribution in [0.4, 0.5) is 0 Å². The van der Waals surface area contributed by atoms with Crippen molar-refractivity contribution in [3.05, 3.63) is 0 Å². The summed E-state index contributed by atoms with van der Waals surface area (Å²) in [5.74, 6) is -4.54. The van der Waals surface area contributed by atoms with E-state index in [4.69, 9.17) is 20.4 Å². The van der Waals surface area contributed by atoms with E-state index in [2.05, 4.69) is 10.6 Å². The first kappa shape index (κ1) is 23.9. The number of likely N-dealkylation sites (N-methyl/N-ethyl adjacent to an activating group) is 2. The molecule has 0 fully saturated rings. The molecule has 0 heterocycles. The molecule has 0 rings (SSSR count). The van der Waals surface area contributed by atoms with E-state index in [9.17, 15) is 19.2 Å². The Labute approximate surface area is 122 Å². The lowest BCUT2D eigenvalue weighted by Crippen LogP contribution is -2.35. The summed E-state index contributed by atoms with van der Waals surface area (Å²) in [5.41, 5.74) is 0. The van der Waals surface area contributed by atoms with Gasteiger partial charge in [0.1, 0.15) is 12.1 Å². The van der Waals surface area contributed by atoms with Crippen LogP contribution in [-0.2, 0) is 19.2 Å². The van der Waals surface area contributed by atoms with Crippen molar-refractivity contribution in [2.45, 2.75) is 24.9 Å². The van der Waals surface area contributed by atoms with Gasteiger partial charge in [-0.3, -0.25) is 19.2 Å². The molecule has 0 bridgehead atoms. The van der Waals surface area contributed by atoms with Crippen molar-refractivity contribution in [1.29, 1.82) is 0 Å². The van der Waals surface area contributed by atoms with Crippen LogP contribution in [0.15, 0.2) is 0 Å². The van der Waals surface area contributed by atoms with E-state index in [-0.39, 0.29) is 8.41 Å². The molecule has 10 nitrogen and oxygen atoms in total. The molecule has 11 heteroatoms. The van der Waals surface area contributed by atoms with Crippen LogP contribution in [0.2, 0.25) is 0 Å². The minimum Gasteiger partial charge on any atom is -0.481 e. The molecule has 0 aliphatic rings. The maximum Gasteiger partial charge on any atom is 0.321 e. The zero-order valence-corrected chi connectivity index (χ0v) is 11.6. The Morgan fingerprint density at radius 3 is 1.05 bits per heavy atom. The number of rotatable bonds is 8. The summed E-state index contributed by atoms with van der Waals surface area (Å²) in [6, 6.07) is -1.98. The fourth-order valence-electron chi connectivity index (χ4n) is 0.975. The summed E-state index contributed by atoms with van der Waals surface area (Å²) in [6.07, 6.45) is -0.794. The van der Waals surface area contributed by atoms with Crippen LogP contribution in [0.1, 0.15) is 12.8 Å². The second kappa shape index (κ2) is 12.9. The molecule has 119 valence electrons. The SMILES string of the molecule is CN[C@@H](CC(=O)O)C(=O)O.CN[C@H](CC(=O)O)C(=O)O.[B]. The average molecular weight is 305 g/mol. The Bertz CT molecular complexity index is 329. The molecule has 2 atom stereocenters. The van der Waals surface area contributed by atoms with Gasteiger partial charge in [-0.15, -0.1) is 0 Å². The number of aliphatic carboxylic acids is 4. The summed E-state index contributed by atoms with van der Waals surface area (Å²) in [7, 11) is 2.81. The average Bonchev–Trinajstić information content (AvgIpc) is 2.32. The normalized spacial score (nSPS) is 11.9. The van der Waals surface area contributed by atoms with Gasteiger partial charge in [0.25, 0.3) is 0 Å². The van der Waals surface area contributed by atoms with Gasteiger partial charge >= 0.3 is 23.9 Å². The van der Waals surface area contributed by atoms with Crippen molar-refractivity contribution in [3.63, 3.8) is 0 Å². The molecule has 0 aromatic carbocycles. The molecule has 21 heavy (non-hydrogen) atoms. The highest BCUT2D eigenvalue weighted by atomic mass is 16.4. The highest BCUT2D eigenvalue weighted by Crippen LogP contribution is 1.90. The molecular formula is C10H18BN2O8. The first-order chi connectivity index (χ1) is 9.15. The molecular weight excluding hydrogens is 287 g/mol. The van der Waals surface area contributed by atoms with Crippen LogP contribution in [0.3, 0.4) is 0 Å². The minimum atomic E-state index is -1.15. The molecule has 0 saturated heterocycles. The van der Waals surface area contributed by atoms with Crippen LogP contribution in [0.5, 0.6) is 0 Å². The van der Waals surface area contributed by atoms with E-state index in [0.29, 0.717) is 0 Å². The Morgan fingerprint density at radius 2 is 1.00 bits per heavy atom. The summed E-state index contributed by atoms with van der Waals surface area (Å²) < 4.78 is 0. The number of hydrogen-bond acceptors (Lipinski definition) is 6. The van der Waals surface area contributed by atoms with Gasteiger partial charge in [-0.25, -0.2) is 0 Å². The number of hydrogen-bond donors (Lipinski definition) is 6. The van der Waals surface area contributed by atoms with Gasteiger partial charge < -0.3 is 31.1 Å². The lowest BCUT2D eigenvalue weighted by atomic mass is 10.2. The van der Waals surface area contributed by atoms with Gasteiger partial charge in [-0.1, -0.05) is 0 Å². The summed E-state index contributed by atoms with van der Waals surface area (Å²) in [6.45, 7) is 0. The maximum absolute atomic E-state index is 10.1. The molecule has 0 spiro atoms. The summed E-state index contributed by atoms with van der Waals surface area (Å²) in [5, 5.41) is 37.6. The van der Waals surface area contributed by atoms with Gasteiger partial charge in [-0.05, 0) is 14.1 Å². The molecule has 3 radical (unpaired) electrons. The Balaban J connectivity index is -0.000000295. The summed E-state index contributed by atoms with van der Waals surface area (Å²) in [4.78, 5) is 40.2. The Kier molecular flexibility index (Phi) is 14.7. The van der Waals surface area contributed by atoms with Crippen LogP contribution in [0.25, 0.3) is 0 Å². The lowest BCUT2D eigenvalue weighted by Gasteiger charge is -2.06. The molecule has 0 aromatic heterocycles. The minimum absolute atomic E-state index is 0. The smallest absolute Gasteiger partial charge is 0.321 e. The van der Waals surface area contributed by atoms with Crippen molar-refractivity contribution in [2.75, 3.05) is 14.1 Å². The van der Waals surface area contributed by atoms with Gasteiger partial charge in [0.15, 0.2) is 0 Å². The van der Waals surface area contributed by atoms with Gasteiger partial charge in [0.05, 0.1) is 12.8 Å². The van der Waals surface area contributed by atoms with Gasteiger partial charge in [0, 0.05) is 8.41 Å². The second-order valence-electron chi connectivity index (χ2n) is 3.55. The van der Waals surface area contributed by atoms with Gasteiger partial charge in [0.2, 0.25) is 0 Å². The van der Waals surface area contributed by atoms with Crippen LogP contribution in [-0.4, -0.2) is 78.9 Å². The zero-order chi connectivity index (χ0) is 16.3. The molecule has 0 saturated carbocycles. The number of carboxylic acid groups (broad SMARTS) is 4. The van der Waals surface area contributed by atoms with Crippen LogP contribution in [0, 0.1) is 0 Å². The highest BCUT2D eigenvalue weighted by Gasteiger charge is 2.18. The predicted molar refractivity (Wildman–Crippen MR) is 71.2 cm³/mol. The fraction of sp³-hybridized carbons (Fsp3) is 0.600. The van der Waals surface area contributed by atoms with Gasteiger partial charge in [-0.2, -0.15) is 0 Å². The third-order valence-electron chi connectivity index (χ3n) is 2.05. The second-order valence-corrected chi connectivity index (χ2v) is 3.55. The topological polar surface area (TPSA) is 173 Å². The van der Waals surface area contributed by atoms with Crippen molar-refractivity contribution in [2.24, 2.45) is 0 Å². The Hall–Kier alpha value is -2.14. The van der Waals surface area contributed by atoms with E-state index in [1.165, 1.54) is 14.1 Å². The quantitative estimate of drug-likeness (QED) is 0.272. The van der Waals surface area contributed by atoms with E-state index in [1.807, 2.05) is 0 Å². The molecule has 0 aliphatic heterocycles. The third kappa shape index (κ3) is 14.1. The monoisotopic (exact) mass is 305 g/mol. The zero-order valence-electron chi connectivity index (χ0n) is 11.6. The van der Waals surface area contributed by atoms with Crippen molar-refractivity contribution < 1.29 is 39.6 Å². The first-order valence-electron chi connectivity index (χ1n) is 5.39. The molecule has 0 unspecified atom stereocenters. The van der Waals surface area contributed by atoms with Crippen LogP contribution < -0.4 is 10.6 Å². The fourth-order valence-corrected chi connectivity index (χ4v) is 0.975. The maximum atomic E-state index is 10.1. The van der Waals surface area contributed by atoms with Crippen molar-refractivity contribution in [1.82, 2.24) is 10.6 Å². The number of carbonyl (C=O) groups is 4.